The van der Waals surface area contributed by atoms with Gasteiger partial charge < -0.3 is 14.7 Å². The zero-order valence-corrected chi connectivity index (χ0v) is 14.4. The summed E-state index contributed by atoms with van der Waals surface area (Å²) >= 11 is 1.49. The fourth-order valence-corrected chi connectivity index (χ4v) is 3.15. The van der Waals surface area contributed by atoms with Crippen LogP contribution in [0.15, 0.2) is 41.8 Å². The number of hydrogen-bond donors (Lipinski definition) is 1. The van der Waals surface area contributed by atoms with E-state index >= 15 is 0 Å². The third kappa shape index (κ3) is 5.69. The lowest BCUT2D eigenvalue weighted by molar-refractivity contribution is -0.138. The van der Waals surface area contributed by atoms with Gasteiger partial charge in [-0.15, -0.1) is 11.3 Å². The molecule has 2 aromatic rings. The highest BCUT2D eigenvalue weighted by molar-refractivity contribution is 7.10. The molecule has 0 saturated heterocycles. The van der Waals surface area contributed by atoms with Gasteiger partial charge in [-0.05, 0) is 56.1 Å². The van der Waals surface area contributed by atoms with Gasteiger partial charge in [-0.3, -0.25) is 4.79 Å². The van der Waals surface area contributed by atoms with Crippen LogP contribution in [0.2, 0.25) is 0 Å². The minimum Gasteiger partial charge on any atom is -0.494 e. The Balaban J connectivity index is 1.90. The van der Waals surface area contributed by atoms with E-state index in [-0.39, 0.29) is 0 Å². The van der Waals surface area contributed by atoms with Crippen LogP contribution in [0, 0.1) is 0 Å². The molecule has 124 valence electrons. The van der Waals surface area contributed by atoms with Crippen molar-refractivity contribution in [1.82, 2.24) is 4.90 Å². The number of carbonyl (C=O) groups is 1. The second-order valence-corrected chi connectivity index (χ2v) is 6.74. The number of ether oxygens (including phenoxy) is 1. The summed E-state index contributed by atoms with van der Waals surface area (Å²) in [4.78, 5) is 14.5. The number of thiophene rings is 1. The van der Waals surface area contributed by atoms with E-state index in [2.05, 4.69) is 4.90 Å². The van der Waals surface area contributed by atoms with Gasteiger partial charge in [0, 0.05) is 11.4 Å². The van der Waals surface area contributed by atoms with Crippen LogP contribution in [0.25, 0.3) is 0 Å². The Morgan fingerprint density at radius 3 is 2.57 bits per heavy atom. The van der Waals surface area contributed by atoms with Gasteiger partial charge in [0.1, 0.15) is 5.75 Å². The smallest absolute Gasteiger partial charge is 0.312 e. The lowest BCUT2D eigenvalue weighted by Gasteiger charge is -2.12. The van der Waals surface area contributed by atoms with Gasteiger partial charge in [0.25, 0.3) is 0 Å². The summed E-state index contributed by atoms with van der Waals surface area (Å²) in [5, 5.41) is 11.3. The maximum atomic E-state index is 11.5. The molecule has 0 spiro atoms. The van der Waals surface area contributed by atoms with Crippen LogP contribution in [-0.2, 0) is 11.2 Å². The van der Waals surface area contributed by atoms with E-state index in [0.717, 1.165) is 29.2 Å². The molecule has 1 aromatic carbocycles. The number of aliphatic carboxylic acids is 1. The maximum absolute atomic E-state index is 11.5. The van der Waals surface area contributed by atoms with Crippen molar-refractivity contribution in [3.63, 3.8) is 0 Å². The van der Waals surface area contributed by atoms with Gasteiger partial charge in [0.2, 0.25) is 0 Å². The molecule has 4 nitrogen and oxygen atoms in total. The molecule has 2 rings (SSSR count). The molecule has 0 bridgehead atoms. The van der Waals surface area contributed by atoms with Gasteiger partial charge in [-0.1, -0.05) is 18.2 Å². The van der Waals surface area contributed by atoms with Crippen LogP contribution in [0.1, 0.15) is 22.8 Å². The molecule has 1 heterocycles. The normalized spacial score (nSPS) is 12.3. The summed E-state index contributed by atoms with van der Waals surface area (Å²) in [7, 11) is 4.09. The Kier molecular flexibility index (Phi) is 6.62. The number of carboxylic acid groups (broad SMARTS) is 1. The van der Waals surface area contributed by atoms with Gasteiger partial charge in [-0.25, -0.2) is 0 Å². The predicted octanol–water partition coefficient (Wildman–Crippen LogP) is 3.49. The second-order valence-electron chi connectivity index (χ2n) is 5.76. The summed E-state index contributed by atoms with van der Waals surface area (Å²) in [5.74, 6) is -0.436. The number of hydrogen-bond acceptors (Lipinski definition) is 4. The zero-order chi connectivity index (χ0) is 16.7. The molecule has 23 heavy (non-hydrogen) atoms. The largest absolute Gasteiger partial charge is 0.494 e. The number of carboxylic acids is 1. The monoisotopic (exact) mass is 333 g/mol. The van der Waals surface area contributed by atoms with Crippen LogP contribution in [0.3, 0.4) is 0 Å². The molecule has 0 aliphatic rings. The Morgan fingerprint density at radius 2 is 2.00 bits per heavy atom. The molecule has 1 atom stereocenters. The zero-order valence-electron chi connectivity index (χ0n) is 13.6. The van der Waals surface area contributed by atoms with E-state index in [9.17, 15) is 9.90 Å². The average Bonchev–Trinajstić information content (AvgIpc) is 3.04. The van der Waals surface area contributed by atoms with E-state index in [0.29, 0.717) is 13.0 Å². The van der Waals surface area contributed by atoms with Crippen molar-refractivity contribution in [3.8, 4) is 5.75 Å². The van der Waals surface area contributed by atoms with Crippen molar-refractivity contribution < 1.29 is 14.6 Å². The average molecular weight is 333 g/mol. The molecule has 0 aliphatic carbocycles. The maximum Gasteiger partial charge on any atom is 0.312 e. The highest BCUT2D eigenvalue weighted by atomic mass is 32.1. The van der Waals surface area contributed by atoms with Gasteiger partial charge in [-0.2, -0.15) is 0 Å². The lowest BCUT2D eigenvalue weighted by atomic mass is 9.98. The minimum absolute atomic E-state index is 0.484. The van der Waals surface area contributed by atoms with Crippen molar-refractivity contribution in [3.05, 3.63) is 52.2 Å². The Morgan fingerprint density at radius 1 is 1.26 bits per heavy atom. The first kappa shape index (κ1) is 17.5. The molecule has 1 N–H and O–H groups in total. The first-order valence-electron chi connectivity index (χ1n) is 7.69. The third-order valence-electron chi connectivity index (χ3n) is 3.57. The standard InChI is InChI=1S/C18H23NO3S/c1-19(2)10-4-11-22-15-8-6-14(7-9-15)13-16(18(20)21)17-5-3-12-23-17/h3,5-9,12,16H,4,10-11,13H2,1-2H3,(H,20,21). The molecule has 1 unspecified atom stereocenters. The lowest BCUT2D eigenvalue weighted by Crippen LogP contribution is -2.15. The Bertz CT molecular complexity index is 593. The van der Waals surface area contributed by atoms with Crippen LogP contribution < -0.4 is 4.74 Å². The molecule has 0 saturated carbocycles. The minimum atomic E-state index is -0.781. The summed E-state index contributed by atoms with van der Waals surface area (Å²) in [6.07, 6.45) is 1.48. The van der Waals surface area contributed by atoms with E-state index in [1.807, 2.05) is 55.9 Å². The van der Waals surface area contributed by atoms with E-state index < -0.39 is 11.9 Å². The van der Waals surface area contributed by atoms with Crippen molar-refractivity contribution in [1.29, 1.82) is 0 Å². The molecular weight excluding hydrogens is 310 g/mol. The fourth-order valence-electron chi connectivity index (χ4n) is 2.33. The van der Waals surface area contributed by atoms with Gasteiger partial charge >= 0.3 is 5.97 Å². The first-order valence-corrected chi connectivity index (χ1v) is 8.57. The van der Waals surface area contributed by atoms with Crippen molar-refractivity contribution in [2.24, 2.45) is 0 Å². The number of benzene rings is 1. The SMILES string of the molecule is CN(C)CCCOc1ccc(CC(C(=O)O)c2cccs2)cc1. The fraction of sp³-hybridized carbons (Fsp3) is 0.389. The summed E-state index contributed by atoms with van der Waals surface area (Å²) in [6, 6.07) is 11.5. The van der Waals surface area contributed by atoms with Crippen molar-refractivity contribution in [2.45, 2.75) is 18.8 Å². The van der Waals surface area contributed by atoms with E-state index in [1.54, 1.807) is 0 Å². The Labute approximate surface area is 141 Å². The third-order valence-corrected chi connectivity index (χ3v) is 4.55. The van der Waals surface area contributed by atoms with Gasteiger partial charge in [0.05, 0.1) is 12.5 Å². The predicted molar refractivity (Wildman–Crippen MR) is 93.5 cm³/mol. The summed E-state index contributed by atoms with van der Waals surface area (Å²) in [5.41, 5.74) is 1.01. The highest BCUT2D eigenvalue weighted by Gasteiger charge is 2.21. The van der Waals surface area contributed by atoms with Gasteiger partial charge in [0.15, 0.2) is 0 Å². The first-order chi connectivity index (χ1) is 11.1. The van der Waals surface area contributed by atoms with Crippen LogP contribution in [-0.4, -0.2) is 43.2 Å². The molecule has 0 fully saturated rings. The molecule has 0 aliphatic heterocycles. The topological polar surface area (TPSA) is 49.8 Å². The van der Waals surface area contributed by atoms with Crippen LogP contribution in [0.5, 0.6) is 5.75 Å². The molecule has 1 aromatic heterocycles. The van der Waals surface area contributed by atoms with E-state index in [1.165, 1.54) is 11.3 Å². The van der Waals surface area contributed by atoms with Crippen LogP contribution in [0.4, 0.5) is 0 Å². The highest BCUT2D eigenvalue weighted by Crippen LogP contribution is 2.26. The summed E-state index contributed by atoms with van der Waals surface area (Å²) < 4.78 is 5.70. The second kappa shape index (κ2) is 8.70. The molecule has 0 amide bonds. The molecule has 0 radical (unpaired) electrons. The van der Waals surface area contributed by atoms with Crippen molar-refractivity contribution >= 4 is 17.3 Å². The van der Waals surface area contributed by atoms with E-state index in [4.69, 9.17) is 4.74 Å². The molecule has 5 heteroatoms. The Hall–Kier alpha value is -1.85. The quantitative estimate of drug-likeness (QED) is 0.714. The number of rotatable bonds is 9. The van der Waals surface area contributed by atoms with Crippen LogP contribution >= 0.6 is 11.3 Å². The van der Waals surface area contributed by atoms with Crippen molar-refractivity contribution in [2.75, 3.05) is 27.2 Å². The number of nitrogens with zero attached hydrogens (tertiary/aromatic N) is 1. The molecular formula is C18H23NO3S. The summed E-state index contributed by atoms with van der Waals surface area (Å²) in [6.45, 7) is 1.68.